The highest BCUT2D eigenvalue weighted by Gasteiger charge is 2.14. The van der Waals surface area contributed by atoms with E-state index in [2.05, 4.69) is 25.7 Å². The van der Waals surface area contributed by atoms with Crippen molar-refractivity contribution in [3.8, 4) is 28.6 Å². The summed E-state index contributed by atoms with van der Waals surface area (Å²) in [7, 11) is 0. The first-order valence-electron chi connectivity index (χ1n) is 10.3. The molecule has 0 bridgehead atoms. The smallest absolute Gasteiger partial charge is 0.237 e. The van der Waals surface area contributed by atoms with Crippen LogP contribution in [0, 0.1) is 6.92 Å². The number of aryl methyl sites for hydroxylation is 1. The second-order valence-corrected chi connectivity index (χ2v) is 7.18. The highest BCUT2D eigenvalue weighted by atomic mass is 16.5. The van der Waals surface area contributed by atoms with Crippen LogP contribution in [-0.4, -0.2) is 68.9 Å². The summed E-state index contributed by atoms with van der Waals surface area (Å²) in [6.45, 7) is 3.04. The molecule has 3 rings (SSSR count). The number of aromatic nitrogens is 4. The Bertz CT molecular complexity index is 1050. The van der Waals surface area contributed by atoms with Crippen molar-refractivity contribution in [3.63, 3.8) is 0 Å². The van der Waals surface area contributed by atoms with Gasteiger partial charge in [-0.3, -0.25) is 4.79 Å². The van der Waals surface area contributed by atoms with Crippen molar-refractivity contribution in [2.45, 2.75) is 19.4 Å². The maximum atomic E-state index is 12.1. The molecule has 1 aromatic heterocycles. The molecule has 0 saturated carbocycles. The summed E-state index contributed by atoms with van der Waals surface area (Å²) < 4.78 is 11.1. The number of phenolic OH excluding ortho intramolecular Hbond substituents is 2. The zero-order chi connectivity index (χ0) is 23.6. The molecule has 1 unspecified atom stereocenters. The van der Waals surface area contributed by atoms with Crippen LogP contribution in [0.3, 0.4) is 0 Å². The molecule has 0 fully saturated rings. The maximum Gasteiger partial charge on any atom is 0.237 e. The van der Waals surface area contributed by atoms with Crippen LogP contribution < -0.4 is 15.8 Å². The van der Waals surface area contributed by atoms with Gasteiger partial charge in [0.2, 0.25) is 11.7 Å². The minimum absolute atomic E-state index is 0.220. The number of nitrogens with one attached hydrogen (secondary N) is 1. The van der Waals surface area contributed by atoms with Crippen LogP contribution in [0.2, 0.25) is 0 Å². The van der Waals surface area contributed by atoms with Gasteiger partial charge in [0.25, 0.3) is 0 Å². The van der Waals surface area contributed by atoms with Gasteiger partial charge in [-0.2, -0.15) is 0 Å². The highest BCUT2D eigenvalue weighted by molar-refractivity contribution is 5.81. The standard InChI is InChI=1S/C22H26N6O5/c1-14-25-27-21(28-26-14)16-3-5-17(6-4-16)33-11-10-32-9-8-24-22(31)18(23)12-15-2-7-19(29)20(30)13-15/h2-7,13,18,29-30H,8-12,23H2,1H3,(H,24,31). The molecule has 0 spiro atoms. The highest BCUT2D eigenvalue weighted by Crippen LogP contribution is 2.25. The number of phenols is 2. The van der Waals surface area contributed by atoms with E-state index in [-0.39, 0.29) is 23.8 Å². The molecule has 0 saturated heterocycles. The molecule has 1 amide bonds. The molecule has 11 nitrogen and oxygen atoms in total. The summed E-state index contributed by atoms with van der Waals surface area (Å²) in [6, 6.07) is 10.8. The zero-order valence-electron chi connectivity index (χ0n) is 18.1. The fraction of sp³-hybridized carbons (Fsp3) is 0.318. The molecule has 33 heavy (non-hydrogen) atoms. The predicted octanol–water partition coefficient (Wildman–Crippen LogP) is 0.735. The lowest BCUT2D eigenvalue weighted by molar-refractivity contribution is -0.122. The fourth-order valence-corrected chi connectivity index (χ4v) is 2.84. The van der Waals surface area contributed by atoms with Crippen LogP contribution >= 0.6 is 0 Å². The Hall–Kier alpha value is -3.83. The third-order valence-electron chi connectivity index (χ3n) is 4.57. The van der Waals surface area contributed by atoms with E-state index >= 15 is 0 Å². The predicted molar refractivity (Wildman–Crippen MR) is 119 cm³/mol. The molecule has 5 N–H and O–H groups in total. The van der Waals surface area contributed by atoms with Gasteiger partial charge in [-0.05, 0) is 55.3 Å². The lowest BCUT2D eigenvalue weighted by Gasteiger charge is -2.13. The van der Waals surface area contributed by atoms with Gasteiger partial charge >= 0.3 is 0 Å². The normalized spacial score (nSPS) is 11.7. The Kier molecular flexibility index (Phi) is 8.44. The number of aromatic hydroxyl groups is 2. The van der Waals surface area contributed by atoms with Crippen LogP contribution in [-0.2, 0) is 16.0 Å². The van der Waals surface area contributed by atoms with Gasteiger partial charge in [0.1, 0.15) is 12.4 Å². The third kappa shape index (κ3) is 7.37. The van der Waals surface area contributed by atoms with Crippen molar-refractivity contribution in [2.24, 2.45) is 5.73 Å². The number of amides is 1. The van der Waals surface area contributed by atoms with E-state index in [4.69, 9.17) is 15.2 Å². The first kappa shape index (κ1) is 23.8. The zero-order valence-corrected chi connectivity index (χ0v) is 18.1. The van der Waals surface area contributed by atoms with Crippen LogP contribution in [0.25, 0.3) is 11.4 Å². The summed E-state index contributed by atoms with van der Waals surface area (Å²) in [4.78, 5) is 12.1. The number of nitrogens with zero attached hydrogens (tertiary/aromatic N) is 4. The largest absolute Gasteiger partial charge is 0.504 e. The molecule has 1 heterocycles. The van der Waals surface area contributed by atoms with Gasteiger partial charge in [0.15, 0.2) is 17.3 Å². The minimum Gasteiger partial charge on any atom is -0.504 e. The molecule has 2 aromatic carbocycles. The molecule has 0 radical (unpaired) electrons. The molecule has 1 atom stereocenters. The Balaban J connectivity index is 1.28. The van der Waals surface area contributed by atoms with Crippen molar-refractivity contribution >= 4 is 5.91 Å². The van der Waals surface area contributed by atoms with Crippen molar-refractivity contribution in [3.05, 3.63) is 53.9 Å². The fourth-order valence-electron chi connectivity index (χ4n) is 2.84. The Morgan fingerprint density at radius 1 is 1.00 bits per heavy atom. The van der Waals surface area contributed by atoms with E-state index < -0.39 is 6.04 Å². The van der Waals surface area contributed by atoms with Gasteiger partial charge in [-0.15, -0.1) is 20.4 Å². The summed E-state index contributed by atoms with van der Waals surface area (Å²) in [5.41, 5.74) is 7.32. The number of rotatable bonds is 11. The number of carbonyl (C=O) groups is 1. The lowest BCUT2D eigenvalue weighted by Crippen LogP contribution is -2.43. The van der Waals surface area contributed by atoms with Crippen molar-refractivity contribution in [1.29, 1.82) is 0 Å². The van der Waals surface area contributed by atoms with E-state index in [1.165, 1.54) is 12.1 Å². The van der Waals surface area contributed by atoms with Crippen LogP contribution in [0.1, 0.15) is 11.4 Å². The number of hydrogen-bond donors (Lipinski definition) is 4. The first-order chi connectivity index (χ1) is 15.9. The molecule has 3 aromatic rings. The number of ether oxygens (including phenoxy) is 2. The van der Waals surface area contributed by atoms with Gasteiger partial charge in [0, 0.05) is 12.1 Å². The molecule has 174 valence electrons. The third-order valence-corrected chi connectivity index (χ3v) is 4.57. The average molecular weight is 454 g/mol. The Labute approximate surface area is 190 Å². The number of hydrogen-bond acceptors (Lipinski definition) is 10. The number of benzene rings is 2. The maximum absolute atomic E-state index is 12.1. The van der Waals surface area contributed by atoms with Gasteiger partial charge in [-0.1, -0.05) is 6.07 Å². The second kappa shape index (κ2) is 11.7. The van der Waals surface area contributed by atoms with Crippen molar-refractivity contribution in [1.82, 2.24) is 25.7 Å². The molecular formula is C22H26N6O5. The molecular weight excluding hydrogens is 428 g/mol. The van der Waals surface area contributed by atoms with E-state index in [9.17, 15) is 15.0 Å². The SMILES string of the molecule is Cc1nnc(-c2ccc(OCCOCCNC(=O)C(N)Cc3ccc(O)c(O)c3)cc2)nn1. The second-order valence-electron chi connectivity index (χ2n) is 7.18. The van der Waals surface area contributed by atoms with Crippen LogP contribution in [0.4, 0.5) is 0 Å². The van der Waals surface area contributed by atoms with Crippen LogP contribution in [0.15, 0.2) is 42.5 Å². The van der Waals surface area contributed by atoms with E-state index in [0.29, 0.717) is 49.3 Å². The van der Waals surface area contributed by atoms with E-state index in [1.807, 2.05) is 12.1 Å². The van der Waals surface area contributed by atoms with Gasteiger partial charge in [-0.25, -0.2) is 0 Å². The summed E-state index contributed by atoms with van der Waals surface area (Å²) in [5.74, 6) is 0.832. The Morgan fingerprint density at radius 2 is 1.73 bits per heavy atom. The monoisotopic (exact) mass is 454 g/mol. The average Bonchev–Trinajstić information content (AvgIpc) is 2.81. The topological polar surface area (TPSA) is 166 Å². The summed E-state index contributed by atoms with van der Waals surface area (Å²) in [5, 5.41) is 37.3. The summed E-state index contributed by atoms with van der Waals surface area (Å²) in [6.07, 6.45) is 0.232. The molecule has 0 aliphatic heterocycles. The quantitative estimate of drug-likeness (QED) is 0.240. The number of carbonyl (C=O) groups excluding carboxylic acids is 1. The van der Waals surface area contributed by atoms with Crippen LogP contribution in [0.5, 0.6) is 17.2 Å². The van der Waals surface area contributed by atoms with Gasteiger partial charge < -0.3 is 30.7 Å². The van der Waals surface area contributed by atoms with Gasteiger partial charge in [0.05, 0.1) is 19.3 Å². The minimum atomic E-state index is -0.780. The molecule has 0 aliphatic carbocycles. The number of nitrogens with two attached hydrogens (primary N) is 1. The van der Waals surface area contributed by atoms with Crippen molar-refractivity contribution in [2.75, 3.05) is 26.4 Å². The lowest BCUT2D eigenvalue weighted by atomic mass is 10.1. The summed E-state index contributed by atoms with van der Waals surface area (Å²) >= 11 is 0. The van der Waals surface area contributed by atoms with E-state index in [0.717, 1.165) is 5.56 Å². The molecule has 0 aliphatic rings. The van der Waals surface area contributed by atoms with Crippen molar-refractivity contribution < 1.29 is 24.5 Å². The Morgan fingerprint density at radius 3 is 2.42 bits per heavy atom. The van der Waals surface area contributed by atoms with E-state index in [1.54, 1.807) is 25.1 Å². The first-order valence-corrected chi connectivity index (χ1v) is 10.3. The molecule has 11 heteroatoms.